The molecular formula is C13H14ClN3O. The lowest BCUT2D eigenvalue weighted by Crippen LogP contribution is -2.07. The Bertz CT molecular complexity index is 563. The van der Waals surface area contributed by atoms with E-state index in [2.05, 4.69) is 10.1 Å². The zero-order chi connectivity index (χ0) is 13.1. The van der Waals surface area contributed by atoms with Gasteiger partial charge in [0.1, 0.15) is 0 Å². The molecule has 0 saturated carbocycles. The van der Waals surface area contributed by atoms with E-state index in [9.17, 15) is 4.79 Å². The molecule has 0 saturated heterocycles. The van der Waals surface area contributed by atoms with E-state index >= 15 is 0 Å². The van der Waals surface area contributed by atoms with Crippen LogP contribution >= 0.6 is 11.6 Å². The van der Waals surface area contributed by atoms with Crippen LogP contribution in [-0.2, 0) is 6.42 Å². The molecule has 2 aromatic heterocycles. The van der Waals surface area contributed by atoms with E-state index < -0.39 is 0 Å². The van der Waals surface area contributed by atoms with E-state index in [1.165, 1.54) is 6.20 Å². The van der Waals surface area contributed by atoms with Crippen molar-refractivity contribution < 1.29 is 4.79 Å². The molecule has 0 fully saturated rings. The largest absolute Gasteiger partial charge is 0.294 e. The molecule has 0 atom stereocenters. The molecule has 2 aromatic rings. The van der Waals surface area contributed by atoms with Gasteiger partial charge in [-0.25, -0.2) is 0 Å². The summed E-state index contributed by atoms with van der Waals surface area (Å²) in [5.74, 6) is -0.0450. The van der Waals surface area contributed by atoms with Gasteiger partial charge in [-0.15, -0.1) is 0 Å². The fraction of sp³-hybridized carbons (Fsp3) is 0.308. The maximum Gasteiger partial charge on any atom is 0.170 e. The standard InChI is InChI=1S/C13H14ClN3O/c1-9(2)17-6-4-10(16-17)7-13(18)11-3-5-15-8-12(11)14/h3-6,8-9H,7H2,1-2H3. The van der Waals surface area contributed by atoms with Crippen LogP contribution in [0.15, 0.2) is 30.7 Å². The van der Waals surface area contributed by atoms with Crippen LogP contribution in [0.2, 0.25) is 5.02 Å². The van der Waals surface area contributed by atoms with Crippen molar-refractivity contribution in [1.29, 1.82) is 0 Å². The summed E-state index contributed by atoms with van der Waals surface area (Å²) >= 11 is 5.93. The second kappa shape index (κ2) is 5.31. The maximum absolute atomic E-state index is 12.1. The smallest absolute Gasteiger partial charge is 0.170 e. The Morgan fingerprint density at radius 3 is 2.83 bits per heavy atom. The predicted molar refractivity (Wildman–Crippen MR) is 69.9 cm³/mol. The highest BCUT2D eigenvalue weighted by Gasteiger charge is 2.12. The van der Waals surface area contributed by atoms with E-state index in [1.54, 1.807) is 12.3 Å². The quantitative estimate of drug-likeness (QED) is 0.797. The summed E-state index contributed by atoms with van der Waals surface area (Å²) < 4.78 is 1.83. The lowest BCUT2D eigenvalue weighted by atomic mass is 10.1. The van der Waals surface area contributed by atoms with E-state index in [4.69, 9.17) is 11.6 Å². The second-order valence-electron chi connectivity index (χ2n) is 4.34. The van der Waals surface area contributed by atoms with Gasteiger partial charge in [-0.1, -0.05) is 11.6 Å². The maximum atomic E-state index is 12.1. The van der Waals surface area contributed by atoms with Gasteiger partial charge in [-0.05, 0) is 26.0 Å². The zero-order valence-electron chi connectivity index (χ0n) is 10.3. The Hall–Kier alpha value is -1.68. The third-order valence-electron chi connectivity index (χ3n) is 2.61. The molecule has 0 N–H and O–H groups in total. The molecule has 0 amide bonds. The molecule has 5 heteroatoms. The van der Waals surface area contributed by atoms with Gasteiger partial charge in [0.05, 0.1) is 17.1 Å². The Labute approximate surface area is 111 Å². The Balaban J connectivity index is 2.14. The third kappa shape index (κ3) is 2.76. The number of carbonyl (C=O) groups is 1. The summed E-state index contributed by atoms with van der Waals surface area (Å²) in [4.78, 5) is 15.9. The molecule has 0 unspecified atom stereocenters. The van der Waals surface area contributed by atoms with Crippen molar-refractivity contribution >= 4 is 17.4 Å². The summed E-state index contributed by atoms with van der Waals surface area (Å²) in [5.41, 5.74) is 1.24. The van der Waals surface area contributed by atoms with Crippen molar-refractivity contribution in [3.05, 3.63) is 47.0 Å². The number of hydrogen-bond acceptors (Lipinski definition) is 3. The first-order valence-corrected chi connectivity index (χ1v) is 6.12. The highest BCUT2D eigenvalue weighted by atomic mass is 35.5. The molecule has 2 heterocycles. The number of Topliss-reactive ketones (excluding diaryl/α,β-unsaturated/α-hetero) is 1. The molecule has 0 spiro atoms. The van der Waals surface area contributed by atoms with Gasteiger partial charge in [0, 0.05) is 30.2 Å². The summed E-state index contributed by atoms with van der Waals surface area (Å²) in [6.07, 6.45) is 5.16. The molecule has 4 nitrogen and oxygen atoms in total. The second-order valence-corrected chi connectivity index (χ2v) is 4.74. The van der Waals surface area contributed by atoms with E-state index in [0.717, 1.165) is 5.69 Å². The number of halogens is 1. The van der Waals surface area contributed by atoms with Crippen LogP contribution in [0.3, 0.4) is 0 Å². The van der Waals surface area contributed by atoms with Gasteiger partial charge in [-0.3, -0.25) is 14.5 Å². The van der Waals surface area contributed by atoms with Gasteiger partial charge < -0.3 is 0 Å². The Kier molecular flexibility index (Phi) is 3.77. The molecule has 0 aromatic carbocycles. The monoisotopic (exact) mass is 263 g/mol. The van der Waals surface area contributed by atoms with Crippen molar-refractivity contribution in [3.8, 4) is 0 Å². The van der Waals surface area contributed by atoms with E-state index in [0.29, 0.717) is 16.6 Å². The van der Waals surface area contributed by atoms with E-state index in [-0.39, 0.29) is 12.2 Å². The number of pyridine rings is 1. The van der Waals surface area contributed by atoms with Crippen LogP contribution in [0, 0.1) is 0 Å². The topological polar surface area (TPSA) is 47.8 Å². The van der Waals surface area contributed by atoms with E-state index in [1.807, 2.05) is 30.8 Å². The fourth-order valence-electron chi connectivity index (χ4n) is 1.62. The van der Waals surface area contributed by atoms with Crippen LogP contribution in [0.25, 0.3) is 0 Å². The fourth-order valence-corrected chi connectivity index (χ4v) is 1.85. The average molecular weight is 264 g/mol. The molecular weight excluding hydrogens is 250 g/mol. The first-order chi connectivity index (χ1) is 8.58. The van der Waals surface area contributed by atoms with Gasteiger partial charge >= 0.3 is 0 Å². The van der Waals surface area contributed by atoms with Crippen molar-refractivity contribution in [2.75, 3.05) is 0 Å². The lowest BCUT2D eigenvalue weighted by Gasteiger charge is -2.04. The van der Waals surface area contributed by atoms with Crippen molar-refractivity contribution in [3.63, 3.8) is 0 Å². The predicted octanol–water partition coefficient (Wildman–Crippen LogP) is 2.94. The van der Waals surface area contributed by atoms with Gasteiger partial charge in [0.25, 0.3) is 0 Å². The van der Waals surface area contributed by atoms with Gasteiger partial charge in [0.2, 0.25) is 0 Å². The Morgan fingerprint density at radius 2 is 2.22 bits per heavy atom. The van der Waals surface area contributed by atoms with Crippen molar-refractivity contribution in [1.82, 2.24) is 14.8 Å². The van der Waals surface area contributed by atoms with Crippen LogP contribution in [0.4, 0.5) is 0 Å². The summed E-state index contributed by atoms with van der Waals surface area (Å²) in [6, 6.07) is 3.77. The number of carbonyl (C=O) groups excluding carboxylic acids is 1. The molecule has 2 rings (SSSR count). The molecule has 18 heavy (non-hydrogen) atoms. The number of rotatable bonds is 4. The molecule has 0 aliphatic heterocycles. The van der Waals surface area contributed by atoms with Crippen LogP contribution in [0.5, 0.6) is 0 Å². The average Bonchev–Trinajstić information content (AvgIpc) is 2.78. The number of ketones is 1. The summed E-state index contributed by atoms with van der Waals surface area (Å²) in [7, 11) is 0. The van der Waals surface area contributed by atoms with Crippen molar-refractivity contribution in [2.24, 2.45) is 0 Å². The number of hydrogen-bond donors (Lipinski definition) is 0. The SMILES string of the molecule is CC(C)n1ccc(CC(=O)c2ccncc2Cl)n1. The lowest BCUT2D eigenvalue weighted by molar-refractivity contribution is 0.0991. The Morgan fingerprint density at radius 1 is 1.44 bits per heavy atom. The first-order valence-electron chi connectivity index (χ1n) is 5.74. The minimum Gasteiger partial charge on any atom is -0.294 e. The van der Waals surface area contributed by atoms with Gasteiger partial charge in [-0.2, -0.15) is 5.10 Å². The summed E-state index contributed by atoms with van der Waals surface area (Å²) in [6.45, 7) is 4.08. The molecule has 0 aliphatic rings. The highest BCUT2D eigenvalue weighted by Crippen LogP contribution is 2.16. The van der Waals surface area contributed by atoms with Crippen LogP contribution < -0.4 is 0 Å². The van der Waals surface area contributed by atoms with Crippen LogP contribution in [0.1, 0.15) is 35.9 Å². The molecule has 0 radical (unpaired) electrons. The minimum atomic E-state index is -0.0450. The normalized spacial score (nSPS) is 10.9. The highest BCUT2D eigenvalue weighted by molar-refractivity contribution is 6.33. The minimum absolute atomic E-state index is 0.0450. The molecule has 0 aliphatic carbocycles. The molecule has 0 bridgehead atoms. The zero-order valence-corrected chi connectivity index (χ0v) is 11.1. The summed E-state index contributed by atoms with van der Waals surface area (Å²) in [5, 5.41) is 4.72. The number of nitrogens with zero attached hydrogens (tertiary/aromatic N) is 3. The third-order valence-corrected chi connectivity index (χ3v) is 2.91. The molecule has 94 valence electrons. The first kappa shape index (κ1) is 12.8. The van der Waals surface area contributed by atoms with Crippen molar-refractivity contribution in [2.45, 2.75) is 26.3 Å². The van der Waals surface area contributed by atoms with Gasteiger partial charge in [0.15, 0.2) is 5.78 Å². The van der Waals surface area contributed by atoms with Crippen LogP contribution in [-0.4, -0.2) is 20.5 Å². The number of aromatic nitrogens is 3.